The molecule has 7 heteroatoms. The highest BCUT2D eigenvalue weighted by Gasteiger charge is 2.29. The van der Waals surface area contributed by atoms with Crippen molar-refractivity contribution in [1.82, 2.24) is 4.57 Å². The number of nitrogens with zero attached hydrogens (tertiary/aromatic N) is 1. The fraction of sp³-hybridized carbons (Fsp3) is 0.114. The third-order valence-electron chi connectivity index (χ3n) is 7.31. The number of carbonyl (C=O) groups is 1. The van der Waals surface area contributed by atoms with Crippen molar-refractivity contribution in [3.05, 3.63) is 150 Å². The number of rotatable bonds is 9. The van der Waals surface area contributed by atoms with Gasteiger partial charge in [0, 0.05) is 29.9 Å². The van der Waals surface area contributed by atoms with Crippen LogP contribution in [0.1, 0.15) is 28.8 Å². The van der Waals surface area contributed by atoms with Crippen molar-refractivity contribution in [3.8, 4) is 5.75 Å². The number of benzene rings is 5. The van der Waals surface area contributed by atoms with E-state index in [-0.39, 0.29) is 11.7 Å². The second kappa shape index (κ2) is 11.5. The monoisotopic (exact) mass is 575 g/mol. The van der Waals surface area contributed by atoms with Crippen LogP contribution in [0.3, 0.4) is 0 Å². The van der Waals surface area contributed by atoms with Crippen LogP contribution in [0.25, 0.3) is 21.5 Å². The van der Waals surface area contributed by atoms with E-state index in [1.807, 2.05) is 77.6 Å². The van der Waals surface area contributed by atoms with Crippen molar-refractivity contribution in [2.75, 3.05) is 6.26 Å². The van der Waals surface area contributed by atoms with Gasteiger partial charge in [-0.1, -0.05) is 97.1 Å². The second-order valence-electron chi connectivity index (χ2n) is 10.2. The summed E-state index contributed by atoms with van der Waals surface area (Å²) in [4.78, 5) is 14.2. The van der Waals surface area contributed by atoms with Crippen molar-refractivity contribution in [2.24, 2.45) is 0 Å². The molecule has 0 N–H and O–H groups in total. The molecule has 0 bridgehead atoms. The third kappa shape index (κ3) is 5.92. The van der Waals surface area contributed by atoms with Gasteiger partial charge in [0.1, 0.15) is 11.8 Å². The Labute approximate surface area is 244 Å². The first-order valence-corrected chi connectivity index (χ1v) is 15.4. The van der Waals surface area contributed by atoms with Gasteiger partial charge in [-0.3, -0.25) is 0 Å². The Morgan fingerprint density at radius 2 is 1.21 bits per heavy atom. The Balaban J connectivity index is 1.40. The molecule has 1 aromatic heterocycles. The van der Waals surface area contributed by atoms with E-state index in [2.05, 4.69) is 36.4 Å². The van der Waals surface area contributed by atoms with Gasteiger partial charge in [-0.15, -0.1) is 0 Å². The molecule has 0 fully saturated rings. The van der Waals surface area contributed by atoms with Crippen LogP contribution in [-0.4, -0.2) is 25.2 Å². The number of hydrogen-bond acceptors (Lipinski definition) is 5. The smallest absolute Gasteiger partial charge is 0.330 e. The summed E-state index contributed by atoms with van der Waals surface area (Å²) >= 11 is 0. The van der Waals surface area contributed by atoms with Crippen molar-refractivity contribution >= 4 is 37.6 Å². The van der Waals surface area contributed by atoms with Crippen LogP contribution in [0.4, 0.5) is 0 Å². The summed E-state index contributed by atoms with van der Waals surface area (Å²) in [6.45, 7) is 0. The third-order valence-corrected chi connectivity index (χ3v) is 7.80. The maximum atomic E-state index is 14.2. The Morgan fingerprint density at radius 3 is 1.76 bits per heavy atom. The van der Waals surface area contributed by atoms with Crippen LogP contribution in [0.15, 0.2) is 134 Å². The van der Waals surface area contributed by atoms with Crippen LogP contribution in [-0.2, 0) is 26.1 Å². The standard InChI is InChI=1S/C35H29NO5S/c1-42(38,39)41-28-20-18-25(19-21-28)24-33(36-22-6-7-23-36)35(37)40-34(31-16-8-12-26-10-2-4-14-29(26)31)32-17-9-13-27-11-3-5-15-30(27)32/h2-23,33-34H,24H2,1H3/t33-/m0/s1. The van der Waals surface area contributed by atoms with Gasteiger partial charge in [0.05, 0.1) is 6.26 Å². The molecule has 0 saturated carbocycles. The molecule has 0 unspecified atom stereocenters. The molecule has 6 aromatic rings. The van der Waals surface area contributed by atoms with E-state index in [1.165, 1.54) is 0 Å². The average molecular weight is 576 g/mol. The van der Waals surface area contributed by atoms with Crippen molar-refractivity contribution in [1.29, 1.82) is 0 Å². The summed E-state index contributed by atoms with van der Waals surface area (Å²) in [5, 5.41) is 4.17. The number of esters is 1. The van der Waals surface area contributed by atoms with Gasteiger partial charge in [-0.25, -0.2) is 4.79 Å². The maximum absolute atomic E-state index is 14.2. The molecule has 6 nitrogen and oxygen atoms in total. The lowest BCUT2D eigenvalue weighted by Gasteiger charge is -2.25. The van der Waals surface area contributed by atoms with Gasteiger partial charge in [0.25, 0.3) is 0 Å². The first-order valence-electron chi connectivity index (χ1n) is 13.6. The predicted molar refractivity (Wildman–Crippen MR) is 165 cm³/mol. The molecule has 0 aliphatic rings. The van der Waals surface area contributed by atoms with Gasteiger partial charge < -0.3 is 13.5 Å². The van der Waals surface area contributed by atoms with Gasteiger partial charge in [-0.2, -0.15) is 8.42 Å². The summed E-state index contributed by atoms with van der Waals surface area (Å²) in [5.74, 6) is -0.165. The molecule has 42 heavy (non-hydrogen) atoms. The molecule has 5 aromatic carbocycles. The minimum Gasteiger partial charge on any atom is -0.451 e. The normalized spacial score (nSPS) is 12.4. The van der Waals surface area contributed by atoms with Gasteiger partial charge in [0.2, 0.25) is 0 Å². The zero-order valence-electron chi connectivity index (χ0n) is 23.0. The van der Waals surface area contributed by atoms with Crippen LogP contribution in [0.5, 0.6) is 5.75 Å². The summed E-state index contributed by atoms with van der Waals surface area (Å²) < 4.78 is 36.4. The van der Waals surface area contributed by atoms with Gasteiger partial charge in [0.15, 0.2) is 6.10 Å². The predicted octanol–water partition coefficient (Wildman–Crippen LogP) is 7.25. The average Bonchev–Trinajstić information content (AvgIpc) is 3.53. The number of fused-ring (bicyclic) bond motifs is 2. The lowest BCUT2D eigenvalue weighted by molar-refractivity contribution is -0.151. The lowest BCUT2D eigenvalue weighted by Crippen LogP contribution is -2.25. The highest BCUT2D eigenvalue weighted by Crippen LogP contribution is 2.37. The van der Waals surface area contributed by atoms with Gasteiger partial charge >= 0.3 is 16.1 Å². The molecule has 0 amide bonds. The van der Waals surface area contributed by atoms with E-state index < -0.39 is 22.3 Å². The summed E-state index contributed by atoms with van der Waals surface area (Å²) in [5.41, 5.74) is 2.65. The molecule has 0 aliphatic heterocycles. The van der Waals surface area contributed by atoms with Crippen molar-refractivity contribution in [2.45, 2.75) is 18.6 Å². The zero-order chi connectivity index (χ0) is 29.1. The quantitative estimate of drug-likeness (QED) is 0.134. The Kier molecular flexibility index (Phi) is 7.50. The van der Waals surface area contributed by atoms with Crippen LogP contribution in [0, 0.1) is 0 Å². The lowest BCUT2D eigenvalue weighted by atomic mass is 9.92. The number of ether oxygens (including phenoxy) is 1. The van der Waals surface area contributed by atoms with E-state index in [0.717, 1.165) is 44.5 Å². The summed E-state index contributed by atoms with van der Waals surface area (Å²) in [6.07, 6.45) is 4.37. The zero-order valence-corrected chi connectivity index (χ0v) is 23.8. The van der Waals surface area contributed by atoms with Crippen molar-refractivity contribution in [3.63, 3.8) is 0 Å². The fourth-order valence-electron chi connectivity index (χ4n) is 5.39. The summed E-state index contributed by atoms with van der Waals surface area (Å²) in [6, 6.07) is 38.1. The fourth-order valence-corrected chi connectivity index (χ4v) is 5.85. The Hall–Kier alpha value is -4.88. The van der Waals surface area contributed by atoms with Crippen molar-refractivity contribution < 1.29 is 22.1 Å². The minimum atomic E-state index is -3.64. The van der Waals surface area contributed by atoms with E-state index in [4.69, 9.17) is 8.92 Å². The Morgan fingerprint density at radius 1 is 0.690 bits per heavy atom. The maximum Gasteiger partial charge on any atom is 0.330 e. The van der Waals surface area contributed by atoms with E-state index in [9.17, 15) is 13.2 Å². The van der Waals surface area contributed by atoms with E-state index in [1.54, 1.807) is 24.3 Å². The molecule has 0 radical (unpaired) electrons. The number of carbonyl (C=O) groups excluding carboxylic acids is 1. The molecular weight excluding hydrogens is 546 g/mol. The largest absolute Gasteiger partial charge is 0.451 e. The molecule has 0 spiro atoms. The molecule has 1 heterocycles. The van der Waals surface area contributed by atoms with Crippen LogP contribution in [0.2, 0.25) is 0 Å². The second-order valence-corrected chi connectivity index (χ2v) is 11.8. The topological polar surface area (TPSA) is 74.6 Å². The highest BCUT2D eigenvalue weighted by atomic mass is 32.2. The van der Waals surface area contributed by atoms with E-state index in [0.29, 0.717) is 6.42 Å². The first-order chi connectivity index (χ1) is 20.4. The molecule has 0 aliphatic carbocycles. The van der Waals surface area contributed by atoms with Crippen LogP contribution < -0.4 is 4.18 Å². The Bertz CT molecular complexity index is 1880. The SMILES string of the molecule is CS(=O)(=O)Oc1ccc(C[C@@H](C(=O)OC(c2cccc3ccccc23)c2cccc3ccccc23)n2cccc2)cc1. The summed E-state index contributed by atoms with van der Waals surface area (Å²) in [7, 11) is -3.64. The minimum absolute atomic E-state index is 0.216. The van der Waals surface area contributed by atoms with E-state index >= 15 is 0 Å². The number of aromatic nitrogens is 1. The molecule has 0 saturated heterocycles. The first kappa shape index (κ1) is 27.3. The molecular formula is C35H29NO5S. The molecule has 1 atom stereocenters. The van der Waals surface area contributed by atoms with Crippen LogP contribution >= 0.6 is 0 Å². The number of hydrogen-bond donors (Lipinski definition) is 0. The molecule has 6 rings (SSSR count). The molecule has 210 valence electrons. The van der Waals surface area contributed by atoms with Gasteiger partial charge in [-0.05, 0) is 51.4 Å². The highest BCUT2D eigenvalue weighted by molar-refractivity contribution is 7.86.